The van der Waals surface area contributed by atoms with Gasteiger partial charge in [0.15, 0.2) is 0 Å². The monoisotopic (exact) mass is 318 g/mol. The molecule has 4 N–H and O–H groups in total. The van der Waals surface area contributed by atoms with Gasteiger partial charge in [-0.3, -0.25) is 0 Å². The predicted octanol–water partition coefficient (Wildman–Crippen LogP) is 2.85. The summed E-state index contributed by atoms with van der Waals surface area (Å²) in [6, 6.07) is 2.98. The molecule has 16 heavy (non-hydrogen) atoms. The Kier molecular flexibility index (Phi) is 5.75. The summed E-state index contributed by atoms with van der Waals surface area (Å²) in [7, 11) is 0. The van der Waals surface area contributed by atoms with Crippen molar-refractivity contribution >= 4 is 28.3 Å². The second-order valence-corrected chi connectivity index (χ2v) is 4.03. The van der Waals surface area contributed by atoms with E-state index in [0.717, 1.165) is 12.1 Å². The van der Waals surface area contributed by atoms with E-state index in [1.807, 2.05) is 0 Å². The number of alkyl halides is 3. The van der Waals surface area contributed by atoms with Crippen molar-refractivity contribution in [2.24, 2.45) is 11.5 Å². The molecule has 0 aliphatic heterocycles. The molecule has 0 heterocycles. The first-order chi connectivity index (χ1) is 6.84. The maximum Gasteiger partial charge on any atom is 0.416 e. The first-order valence-corrected chi connectivity index (χ1v) is 4.97. The minimum Gasteiger partial charge on any atom is -0.329 e. The summed E-state index contributed by atoms with van der Waals surface area (Å²) in [4.78, 5) is 0. The lowest BCUT2D eigenvalue weighted by molar-refractivity contribution is -0.137. The molecule has 0 spiro atoms. The lowest BCUT2D eigenvalue weighted by atomic mass is 10.0. The van der Waals surface area contributed by atoms with Gasteiger partial charge in [0.05, 0.1) is 5.56 Å². The van der Waals surface area contributed by atoms with Crippen LogP contribution in [-0.4, -0.2) is 6.54 Å². The summed E-state index contributed by atoms with van der Waals surface area (Å²) < 4.78 is 37.6. The molecular formula is C9H11BrClF3N2. The molecule has 1 aromatic carbocycles. The van der Waals surface area contributed by atoms with Crippen molar-refractivity contribution < 1.29 is 13.2 Å². The van der Waals surface area contributed by atoms with E-state index in [2.05, 4.69) is 15.9 Å². The molecule has 0 radical (unpaired) electrons. The highest BCUT2D eigenvalue weighted by molar-refractivity contribution is 9.10. The lowest BCUT2D eigenvalue weighted by Gasteiger charge is -2.13. The summed E-state index contributed by atoms with van der Waals surface area (Å²) in [5, 5.41) is 0. The molecule has 0 bridgehead atoms. The van der Waals surface area contributed by atoms with E-state index in [0.29, 0.717) is 10.0 Å². The van der Waals surface area contributed by atoms with Crippen LogP contribution in [0.2, 0.25) is 0 Å². The molecule has 1 rings (SSSR count). The largest absolute Gasteiger partial charge is 0.416 e. The van der Waals surface area contributed by atoms with Crippen molar-refractivity contribution in [1.82, 2.24) is 0 Å². The Morgan fingerprint density at radius 2 is 1.81 bits per heavy atom. The first-order valence-electron chi connectivity index (χ1n) is 4.18. The van der Waals surface area contributed by atoms with Crippen LogP contribution in [0.1, 0.15) is 17.2 Å². The van der Waals surface area contributed by atoms with Crippen LogP contribution in [0.3, 0.4) is 0 Å². The van der Waals surface area contributed by atoms with Gasteiger partial charge in [0.2, 0.25) is 0 Å². The van der Waals surface area contributed by atoms with Crippen LogP contribution in [0, 0.1) is 0 Å². The number of hydrogen-bond donors (Lipinski definition) is 2. The third-order valence-corrected chi connectivity index (χ3v) is 2.39. The third-order valence-electron chi connectivity index (χ3n) is 1.93. The van der Waals surface area contributed by atoms with Gasteiger partial charge in [-0.25, -0.2) is 0 Å². The van der Waals surface area contributed by atoms with Gasteiger partial charge in [-0.1, -0.05) is 15.9 Å². The quantitative estimate of drug-likeness (QED) is 0.880. The smallest absolute Gasteiger partial charge is 0.329 e. The average molecular weight is 320 g/mol. The Hall–Kier alpha value is -0.300. The minimum absolute atomic E-state index is 0. The fourth-order valence-corrected chi connectivity index (χ4v) is 1.64. The van der Waals surface area contributed by atoms with E-state index in [9.17, 15) is 13.2 Å². The molecule has 1 aromatic rings. The average Bonchev–Trinajstić information content (AvgIpc) is 2.14. The van der Waals surface area contributed by atoms with E-state index in [1.54, 1.807) is 0 Å². The Morgan fingerprint density at radius 3 is 2.25 bits per heavy atom. The summed E-state index contributed by atoms with van der Waals surface area (Å²) >= 11 is 3.01. The highest BCUT2D eigenvalue weighted by atomic mass is 79.9. The Morgan fingerprint density at radius 1 is 1.25 bits per heavy atom. The molecule has 92 valence electrons. The van der Waals surface area contributed by atoms with E-state index in [4.69, 9.17) is 11.5 Å². The van der Waals surface area contributed by atoms with E-state index in [-0.39, 0.29) is 19.0 Å². The van der Waals surface area contributed by atoms with Crippen LogP contribution in [0.5, 0.6) is 0 Å². The summed E-state index contributed by atoms with van der Waals surface area (Å²) in [6.07, 6.45) is -4.37. The van der Waals surface area contributed by atoms with Gasteiger partial charge in [0.1, 0.15) is 0 Å². The predicted molar refractivity (Wildman–Crippen MR) is 62.4 cm³/mol. The topological polar surface area (TPSA) is 52.0 Å². The van der Waals surface area contributed by atoms with Crippen molar-refractivity contribution in [3.8, 4) is 0 Å². The molecule has 7 heteroatoms. The molecule has 0 saturated carbocycles. The van der Waals surface area contributed by atoms with Gasteiger partial charge in [-0.2, -0.15) is 13.2 Å². The SMILES string of the molecule is Cl.NC[C@H](N)c1cc(Br)cc(C(F)(F)F)c1. The van der Waals surface area contributed by atoms with E-state index in [1.165, 1.54) is 6.07 Å². The zero-order valence-electron chi connectivity index (χ0n) is 8.09. The summed E-state index contributed by atoms with van der Waals surface area (Å²) in [6.45, 7) is 0.105. The molecule has 0 fully saturated rings. The van der Waals surface area contributed by atoms with Crippen molar-refractivity contribution in [3.05, 3.63) is 33.8 Å². The van der Waals surface area contributed by atoms with Gasteiger partial charge >= 0.3 is 6.18 Å². The van der Waals surface area contributed by atoms with Crippen LogP contribution in [0.25, 0.3) is 0 Å². The highest BCUT2D eigenvalue weighted by Gasteiger charge is 2.31. The van der Waals surface area contributed by atoms with Gasteiger partial charge in [0, 0.05) is 17.1 Å². The second-order valence-electron chi connectivity index (χ2n) is 3.11. The zero-order chi connectivity index (χ0) is 11.6. The van der Waals surface area contributed by atoms with E-state index >= 15 is 0 Å². The molecule has 0 amide bonds. The molecule has 0 aromatic heterocycles. The maximum atomic E-state index is 12.4. The molecule has 0 unspecified atom stereocenters. The van der Waals surface area contributed by atoms with Crippen LogP contribution < -0.4 is 11.5 Å². The van der Waals surface area contributed by atoms with Crippen LogP contribution >= 0.6 is 28.3 Å². The van der Waals surface area contributed by atoms with Gasteiger partial charge in [-0.15, -0.1) is 12.4 Å². The van der Waals surface area contributed by atoms with Crippen molar-refractivity contribution in [2.75, 3.05) is 6.54 Å². The van der Waals surface area contributed by atoms with Gasteiger partial charge in [0.25, 0.3) is 0 Å². The van der Waals surface area contributed by atoms with Gasteiger partial charge in [-0.05, 0) is 23.8 Å². The summed E-state index contributed by atoms with van der Waals surface area (Å²) in [5.41, 5.74) is 10.5. The number of halogens is 5. The summed E-state index contributed by atoms with van der Waals surface area (Å²) in [5.74, 6) is 0. The number of nitrogens with two attached hydrogens (primary N) is 2. The number of hydrogen-bond acceptors (Lipinski definition) is 2. The molecule has 0 saturated heterocycles. The fraction of sp³-hybridized carbons (Fsp3) is 0.333. The minimum atomic E-state index is -4.37. The standard InChI is InChI=1S/C9H10BrF3N2.ClH/c10-7-2-5(8(15)4-14)1-6(3-7)9(11,12)13;/h1-3,8H,4,14-15H2;1H/t8-;/m0./s1. The molecule has 0 aliphatic rings. The van der Waals surface area contributed by atoms with Crippen molar-refractivity contribution in [1.29, 1.82) is 0 Å². The second kappa shape index (κ2) is 5.86. The molecule has 1 atom stereocenters. The maximum absolute atomic E-state index is 12.4. The van der Waals surface area contributed by atoms with E-state index < -0.39 is 17.8 Å². The normalized spacial score (nSPS) is 13.1. The number of benzene rings is 1. The highest BCUT2D eigenvalue weighted by Crippen LogP contribution is 2.32. The van der Waals surface area contributed by atoms with Crippen molar-refractivity contribution in [3.63, 3.8) is 0 Å². The first kappa shape index (κ1) is 15.7. The van der Waals surface area contributed by atoms with Crippen LogP contribution in [0.4, 0.5) is 13.2 Å². The molecule has 2 nitrogen and oxygen atoms in total. The van der Waals surface area contributed by atoms with Gasteiger partial charge < -0.3 is 11.5 Å². The van der Waals surface area contributed by atoms with Crippen LogP contribution in [-0.2, 0) is 6.18 Å². The Labute approximate surface area is 106 Å². The third kappa shape index (κ3) is 3.93. The lowest BCUT2D eigenvalue weighted by Crippen LogP contribution is -2.21. The fourth-order valence-electron chi connectivity index (χ4n) is 1.13. The van der Waals surface area contributed by atoms with Crippen molar-refractivity contribution in [2.45, 2.75) is 12.2 Å². The molecule has 0 aliphatic carbocycles. The number of rotatable bonds is 2. The van der Waals surface area contributed by atoms with Crippen LogP contribution in [0.15, 0.2) is 22.7 Å². The Balaban J connectivity index is 0.00000225. The Bertz CT molecular complexity index is 357. The zero-order valence-corrected chi connectivity index (χ0v) is 10.5. The molecular weight excluding hydrogens is 308 g/mol.